The van der Waals surface area contributed by atoms with Gasteiger partial charge in [-0.25, -0.2) is 4.68 Å². The molecule has 4 rings (SSSR count). The maximum atomic E-state index is 12.6. The van der Waals surface area contributed by atoms with Crippen LogP contribution in [0.15, 0.2) is 47.7 Å². The van der Waals surface area contributed by atoms with Gasteiger partial charge in [-0.15, -0.1) is 5.10 Å². The molecule has 0 radical (unpaired) electrons. The number of nitrogens with one attached hydrogen (secondary N) is 1. The molecular formula is C24H27N5O5. The minimum Gasteiger partial charge on any atom is -0.496 e. The van der Waals surface area contributed by atoms with E-state index < -0.39 is 11.9 Å². The Kier molecular flexibility index (Phi) is 6.31. The zero-order valence-corrected chi connectivity index (χ0v) is 19.7. The number of rotatable bonds is 8. The van der Waals surface area contributed by atoms with Gasteiger partial charge in [-0.2, -0.15) is 4.98 Å². The lowest BCUT2D eigenvalue weighted by Crippen LogP contribution is -2.32. The number of primary amides is 1. The van der Waals surface area contributed by atoms with Gasteiger partial charge in [-0.1, -0.05) is 0 Å². The third-order valence-corrected chi connectivity index (χ3v) is 5.57. The van der Waals surface area contributed by atoms with Crippen LogP contribution in [0.1, 0.15) is 25.5 Å². The molecule has 3 aromatic rings. The molecule has 0 aliphatic carbocycles. The standard InChI is InChI=1S/C24H27N5O5/c1-6-34-15-9-7-14(8-10-15)23-27-24-26-13(2)20(22(25)30)21(29(24)28-23)16-11-18(32-4)19(33-5)12-17(16)31-3/h7-12,21H,6H2,1-5H3,(H2,25,30)(H,26,27,28). The Balaban J connectivity index is 1.88. The summed E-state index contributed by atoms with van der Waals surface area (Å²) in [6, 6.07) is 10.2. The Morgan fingerprint density at radius 3 is 2.29 bits per heavy atom. The number of fused-ring (bicyclic) bond motifs is 1. The van der Waals surface area contributed by atoms with Gasteiger partial charge < -0.3 is 30.0 Å². The number of carbonyl (C=O) groups excluding carboxylic acids is 1. The summed E-state index contributed by atoms with van der Waals surface area (Å²) in [4.78, 5) is 17.2. The number of amides is 1. The molecule has 1 aliphatic heterocycles. The third kappa shape index (κ3) is 3.98. The first-order valence-electron chi connectivity index (χ1n) is 10.7. The van der Waals surface area contributed by atoms with Crippen LogP contribution in [0.5, 0.6) is 23.0 Å². The summed E-state index contributed by atoms with van der Waals surface area (Å²) < 4.78 is 23.7. The van der Waals surface area contributed by atoms with Crippen molar-refractivity contribution in [1.29, 1.82) is 0 Å². The van der Waals surface area contributed by atoms with Crippen LogP contribution in [0.4, 0.5) is 5.95 Å². The first kappa shape index (κ1) is 23.0. The molecule has 10 nitrogen and oxygen atoms in total. The summed E-state index contributed by atoms with van der Waals surface area (Å²) in [5.41, 5.74) is 8.14. The van der Waals surface area contributed by atoms with Crippen molar-refractivity contribution in [2.45, 2.75) is 19.9 Å². The van der Waals surface area contributed by atoms with E-state index in [-0.39, 0.29) is 0 Å². The monoisotopic (exact) mass is 465 g/mol. The lowest BCUT2D eigenvalue weighted by Gasteiger charge is -2.29. The van der Waals surface area contributed by atoms with Crippen molar-refractivity contribution in [3.63, 3.8) is 0 Å². The number of hydrogen-bond acceptors (Lipinski definition) is 8. The number of nitrogens with zero attached hydrogens (tertiary/aromatic N) is 3. The van der Waals surface area contributed by atoms with Crippen molar-refractivity contribution < 1.29 is 23.7 Å². The van der Waals surface area contributed by atoms with Gasteiger partial charge in [0.25, 0.3) is 0 Å². The summed E-state index contributed by atoms with van der Waals surface area (Å²) in [6.45, 7) is 4.28. The fourth-order valence-electron chi connectivity index (χ4n) is 4.01. The molecule has 1 aromatic heterocycles. The van der Waals surface area contributed by atoms with Crippen molar-refractivity contribution in [3.05, 3.63) is 53.2 Å². The number of carbonyl (C=O) groups is 1. The van der Waals surface area contributed by atoms with Gasteiger partial charge in [-0.05, 0) is 44.2 Å². The van der Waals surface area contributed by atoms with E-state index in [2.05, 4.69) is 10.3 Å². The number of aromatic nitrogens is 3. The molecule has 0 bridgehead atoms. The van der Waals surface area contributed by atoms with Gasteiger partial charge in [0.2, 0.25) is 11.9 Å². The smallest absolute Gasteiger partial charge is 0.248 e. The summed E-state index contributed by atoms with van der Waals surface area (Å²) >= 11 is 0. The number of allylic oxidation sites excluding steroid dienone is 1. The number of hydrogen-bond donors (Lipinski definition) is 2. The maximum Gasteiger partial charge on any atom is 0.248 e. The molecule has 1 unspecified atom stereocenters. The number of nitrogens with two attached hydrogens (primary N) is 1. The van der Waals surface area contributed by atoms with Gasteiger partial charge in [0.1, 0.15) is 17.5 Å². The highest BCUT2D eigenvalue weighted by Crippen LogP contribution is 2.44. The van der Waals surface area contributed by atoms with Crippen LogP contribution in [-0.4, -0.2) is 48.6 Å². The first-order chi connectivity index (χ1) is 16.4. The van der Waals surface area contributed by atoms with E-state index in [0.717, 1.165) is 11.3 Å². The molecule has 1 aliphatic rings. The first-order valence-corrected chi connectivity index (χ1v) is 10.7. The van der Waals surface area contributed by atoms with E-state index in [1.54, 1.807) is 38.0 Å². The van der Waals surface area contributed by atoms with Gasteiger partial charge in [0.05, 0.1) is 33.5 Å². The van der Waals surface area contributed by atoms with Crippen molar-refractivity contribution in [2.75, 3.05) is 33.3 Å². The molecule has 1 amide bonds. The van der Waals surface area contributed by atoms with Crippen molar-refractivity contribution in [3.8, 4) is 34.4 Å². The lowest BCUT2D eigenvalue weighted by molar-refractivity contribution is -0.115. The predicted octanol–water partition coefficient (Wildman–Crippen LogP) is 3.14. The molecule has 0 fully saturated rings. The van der Waals surface area contributed by atoms with Crippen LogP contribution in [0.3, 0.4) is 0 Å². The topological polar surface area (TPSA) is 123 Å². The zero-order chi connectivity index (χ0) is 24.4. The van der Waals surface area contributed by atoms with Gasteiger partial charge in [0, 0.05) is 22.9 Å². The summed E-state index contributed by atoms with van der Waals surface area (Å²) in [5, 5.41) is 7.88. The molecule has 10 heteroatoms. The molecule has 0 saturated heterocycles. The van der Waals surface area contributed by atoms with E-state index >= 15 is 0 Å². The van der Waals surface area contributed by atoms with Crippen LogP contribution >= 0.6 is 0 Å². The Morgan fingerprint density at radius 1 is 1.06 bits per heavy atom. The highest BCUT2D eigenvalue weighted by Gasteiger charge is 2.36. The van der Waals surface area contributed by atoms with Gasteiger partial charge >= 0.3 is 0 Å². The van der Waals surface area contributed by atoms with E-state index in [1.165, 1.54) is 7.11 Å². The van der Waals surface area contributed by atoms with E-state index in [9.17, 15) is 4.79 Å². The van der Waals surface area contributed by atoms with Crippen molar-refractivity contribution >= 4 is 11.9 Å². The van der Waals surface area contributed by atoms with Gasteiger partial charge in [0.15, 0.2) is 17.3 Å². The number of methoxy groups -OCH3 is 3. The minimum absolute atomic E-state index is 0.334. The highest BCUT2D eigenvalue weighted by atomic mass is 16.5. The highest BCUT2D eigenvalue weighted by molar-refractivity contribution is 5.95. The Labute approximate surface area is 197 Å². The fraction of sp³-hybridized carbons (Fsp3) is 0.292. The SMILES string of the molecule is CCOc1ccc(-c2nc3n(n2)C(c2cc(OC)c(OC)cc2OC)C(C(N)=O)=C(C)N3)cc1. The molecule has 2 aromatic carbocycles. The molecule has 0 spiro atoms. The lowest BCUT2D eigenvalue weighted by atomic mass is 9.94. The third-order valence-electron chi connectivity index (χ3n) is 5.57. The van der Waals surface area contributed by atoms with Crippen LogP contribution in [0.2, 0.25) is 0 Å². The molecule has 0 saturated carbocycles. The van der Waals surface area contributed by atoms with Gasteiger partial charge in [-0.3, -0.25) is 4.79 Å². The number of benzene rings is 2. The minimum atomic E-state index is -0.701. The van der Waals surface area contributed by atoms with Crippen LogP contribution in [-0.2, 0) is 4.79 Å². The number of anilines is 1. The molecule has 178 valence electrons. The largest absolute Gasteiger partial charge is 0.496 e. The molecule has 2 heterocycles. The summed E-state index contributed by atoms with van der Waals surface area (Å²) in [6.07, 6.45) is 0. The second kappa shape index (κ2) is 9.34. The summed E-state index contributed by atoms with van der Waals surface area (Å²) in [5.74, 6) is 2.58. The van der Waals surface area contributed by atoms with E-state index in [0.29, 0.717) is 52.5 Å². The second-order valence-electron chi connectivity index (χ2n) is 7.54. The van der Waals surface area contributed by atoms with Crippen molar-refractivity contribution in [1.82, 2.24) is 14.8 Å². The van der Waals surface area contributed by atoms with Crippen LogP contribution in [0.25, 0.3) is 11.4 Å². The maximum absolute atomic E-state index is 12.6. The molecule has 34 heavy (non-hydrogen) atoms. The quantitative estimate of drug-likeness (QED) is 0.520. The predicted molar refractivity (Wildman–Crippen MR) is 126 cm³/mol. The van der Waals surface area contributed by atoms with Crippen LogP contribution in [0, 0.1) is 0 Å². The average molecular weight is 466 g/mol. The second-order valence-corrected chi connectivity index (χ2v) is 7.54. The fourth-order valence-corrected chi connectivity index (χ4v) is 4.01. The van der Waals surface area contributed by atoms with Crippen molar-refractivity contribution in [2.24, 2.45) is 5.73 Å². The normalized spacial score (nSPS) is 14.8. The summed E-state index contributed by atoms with van der Waals surface area (Å²) in [7, 11) is 4.62. The number of ether oxygens (including phenoxy) is 4. The molecular weight excluding hydrogens is 438 g/mol. The molecule has 1 atom stereocenters. The zero-order valence-electron chi connectivity index (χ0n) is 19.7. The van der Waals surface area contributed by atoms with E-state index in [4.69, 9.17) is 29.8 Å². The molecule has 3 N–H and O–H groups in total. The Bertz CT molecular complexity index is 1250. The average Bonchev–Trinajstić information content (AvgIpc) is 3.26. The Hall–Kier alpha value is -4.21. The van der Waals surface area contributed by atoms with E-state index in [1.807, 2.05) is 31.2 Å². The Morgan fingerprint density at radius 2 is 1.71 bits per heavy atom. The van der Waals surface area contributed by atoms with Crippen LogP contribution < -0.4 is 30.0 Å².